The minimum Gasteiger partial charge on any atom is -0.508 e. The molecule has 0 radical (unpaired) electrons. The Morgan fingerprint density at radius 2 is 1.71 bits per heavy atom. The first-order valence-electron chi connectivity index (χ1n) is 12.2. The number of piperidine rings is 2. The fraction of sp³-hybridized carbons (Fsp3) is 0.600. The number of ether oxygens (including phenoxy) is 2. The van der Waals surface area contributed by atoms with Crippen molar-refractivity contribution < 1.29 is 33.8 Å². The van der Waals surface area contributed by atoms with Crippen LogP contribution in [0.5, 0.6) is 5.75 Å². The molecule has 2 aliphatic heterocycles. The van der Waals surface area contributed by atoms with E-state index >= 15 is 0 Å². The van der Waals surface area contributed by atoms with Gasteiger partial charge in [0, 0.05) is 26.2 Å². The lowest BCUT2D eigenvalue weighted by molar-refractivity contribution is -0.141. The molecule has 192 valence electrons. The molecule has 0 aliphatic carbocycles. The lowest BCUT2D eigenvalue weighted by Crippen LogP contribution is -2.46. The van der Waals surface area contributed by atoms with Crippen LogP contribution in [0, 0.1) is 5.92 Å². The van der Waals surface area contributed by atoms with Crippen molar-refractivity contribution in [1.29, 1.82) is 0 Å². The molecule has 0 spiro atoms. The molecule has 2 atom stereocenters. The van der Waals surface area contributed by atoms with Crippen molar-refractivity contribution in [2.24, 2.45) is 5.92 Å². The third kappa shape index (κ3) is 7.87. The molecule has 2 aliphatic rings. The molecule has 2 N–H and O–H groups in total. The Balaban J connectivity index is 1.51. The van der Waals surface area contributed by atoms with Crippen LogP contribution < -0.4 is 5.32 Å². The number of methoxy groups -OCH3 is 1. The number of carbonyl (C=O) groups excluding carboxylic acids is 4. The molecule has 0 aromatic heterocycles. The van der Waals surface area contributed by atoms with Gasteiger partial charge < -0.3 is 29.7 Å². The Morgan fingerprint density at radius 3 is 2.40 bits per heavy atom. The van der Waals surface area contributed by atoms with Crippen LogP contribution in [-0.4, -0.2) is 78.7 Å². The van der Waals surface area contributed by atoms with Crippen LogP contribution in [0.2, 0.25) is 0 Å². The molecule has 2 fully saturated rings. The van der Waals surface area contributed by atoms with Gasteiger partial charge in [-0.1, -0.05) is 12.1 Å². The molecule has 3 amide bonds. The standard InChI is InChI=1S/C25H35N3O7/c1-34-23(31)16-21(18-7-9-20(29)10-8-18)26-24(32)19-6-5-14-28(17-19)22(30)11-15-35-25(33)27-12-3-2-4-13-27/h7-10,19,21,29H,2-6,11-17H2,1H3,(H,26,32)/t19-,21?/m1/s1. The monoisotopic (exact) mass is 489 g/mol. The van der Waals surface area contributed by atoms with Crippen LogP contribution in [0.15, 0.2) is 24.3 Å². The summed E-state index contributed by atoms with van der Waals surface area (Å²) >= 11 is 0. The molecular formula is C25H35N3O7. The van der Waals surface area contributed by atoms with Crippen molar-refractivity contribution in [2.45, 2.75) is 51.0 Å². The van der Waals surface area contributed by atoms with Gasteiger partial charge in [0.05, 0.1) is 31.9 Å². The number of likely N-dealkylation sites (tertiary alicyclic amines) is 2. The number of benzene rings is 1. The highest BCUT2D eigenvalue weighted by atomic mass is 16.6. The first kappa shape index (κ1) is 26.3. The third-order valence-corrected chi connectivity index (χ3v) is 6.51. The molecule has 1 aromatic rings. The smallest absolute Gasteiger partial charge is 0.409 e. The maximum absolute atomic E-state index is 13.0. The van der Waals surface area contributed by atoms with E-state index < -0.39 is 17.9 Å². The number of phenolic OH excluding ortho intramolecular Hbond substituents is 1. The number of nitrogens with zero attached hydrogens (tertiary/aromatic N) is 2. The Bertz CT molecular complexity index is 884. The van der Waals surface area contributed by atoms with Crippen LogP contribution in [-0.2, 0) is 23.9 Å². The van der Waals surface area contributed by atoms with Crippen molar-refractivity contribution in [3.05, 3.63) is 29.8 Å². The van der Waals surface area contributed by atoms with E-state index in [0.717, 1.165) is 19.3 Å². The zero-order valence-electron chi connectivity index (χ0n) is 20.2. The number of hydrogen-bond acceptors (Lipinski definition) is 7. The molecule has 1 aromatic carbocycles. The average molecular weight is 490 g/mol. The second-order valence-corrected chi connectivity index (χ2v) is 9.02. The fourth-order valence-electron chi connectivity index (χ4n) is 4.47. The molecule has 0 saturated carbocycles. The maximum Gasteiger partial charge on any atom is 0.409 e. The second kappa shape index (κ2) is 13.0. The maximum atomic E-state index is 13.0. The van der Waals surface area contributed by atoms with Crippen LogP contribution >= 0.6 is 0 Å². The van der Waals surface area contributed by atoms with Gasteiger partial charge >= 0.3 is 12.1 Å². The van der Waals surface area contributed by atoms with Gasteiger partial charge in [-0.05, 0) is 49.8 Å². The Hall–Kier alpha value is -3.30. The molecule has 2 heterocycles. The number of phenols is 1. The summed E-state index contributed by atoms with van der Waals surface area (Å²) in [7, 11) is 1.28. The Morgan fingerprint density at radius 1 is 1.03 bits per heavy atom. The predicted molar refractivity (Wildman–Crippen MR) is 126 cm³/mol. The van der Waals surface area contributed by atoms with Gasteiger partial charge in [-0.15, -0.1) is 0 Å². The van der Waals surface area contributed by atoms with Gasteiger partial charge in [0.1, 0.15) is 12.4 Å². The summed E-state index contributed by atoms with van der Waals surface area (Å²) in [5.41, 5.74) is 0.667. The van der Waals surface area contributed by atoms with Gasteiger partial charge in [-0.2, -0.15) is 0 Å². The van der Waals surface area contributed by atoms with Crippen LogP contribution in [0.1, 0.15) is 56.6 Å². The summed E-state index contributed by atoms with van der Waals surface area (Å²) in [4.78, 5) is 53.0. The number of esters is 1. The van der Waals surface area contributed by atoms with E-state index in [1.807, 2.05) is 0 Å². The number of carbonyl (C=O) groups is 4. The number of nitrogens with one attached hydrogen (secondary N) is 1. The molecule has 0 bridgehead atoms. The normalized spacial score (nSPS) is 18.9. The van der Waals surface area contributed by atoms with Crippen LogP contribution in [0.3, 0.4) is 0 Å². The third-order valence-electron chi connectivity index (χ3n) is 6.51. The van der Waals surface area contributed by atoms with Crippen molar-refractivity contribution in [3.8, 4) is 5.75 Å². The molecule has 3 rings (SSSR count). The minimum atomic E-state index is -0.615. The van der Waals surface area contributed by atoms with Gasteiger partial charge in [-0.25, -0.2) is 4.79 Å². The van der Waals surface area contributed by atoms with Crippen molar-refractivity contribution in [3.63, 3.8) is 0 Å². The Kier molecular flexibility index (Phi) is 9.75. The highest BCUT2D eigenvalue weighted by molar-refractivity contribution is 5.82. The summed E-state index contributed by atoms with van der Waals surface area (Å²) in [6.07, 6.45) is 4.01. The number of rotatable bonds is 8. The van der Waals surface area contributed by atoms with E-state index in [4.69, 9.17) is 9.47 Å². The van der Waals surface area contributed by atoms with Gasteiger partial charge in [0.15, 0.2) is 0 Å². The van der Waals surface area contributed by atoms with E-state index in [1.54, 1.807) is 21.9 Å². The predicted octanol–water partition coefficient (Wildman–Crippen LogP) is 2.36. The van der Waals surface area contributed by atoms with E-state index in [1.165, 1.54) is 19.2 Å². The minimum absolute atomic E-state index is 0.0174. The van der Waals surface area contributed by atoms with E-state index in [2.05, 4.69) is 5.32 Å². The summed E-state index contributed by atoms with van der Waals surface area (Å²) in [6.45, 7) is 2.22. The molecule has 1 unspecified atom stereocenters. The quantitative estimate of drug-likeness (QED) is 0.537. The zero-order chi connectivity index (χ0) is 25.2. The highest BCUT2D eigenvalue weighted by Gasteiger charge is 2.30. The van der Waals surface area contributed by atoms with E-state index in [-0.39, 0.29) is 49.7 Å². The first-order chi connectivity index (χ1) is 16.9. The fourth-order valence-corrected chi connectivity index (χ4v) is 4.47. The number of aromatic hydroxyl groups is 1. The summed E-state index contributed by atoms with van der Waals surface area (Å²) in [5, 5.41) is 12.5. The molecule has 10 heteroatoms. The van der Waals surface area contributed by atoms with Gasteiger partial charge in [0.2, 0.25) is 11.8 Å². The second-order valence-electron chi connectivity index (χ2n) is 9.02. The molecular weight excluding hydrogens is 454 g/mol. The topological polar surface area (TPSA) is 125 Å². The summed E-state index contributed by atoms with van der Waals surface area (Å²) in [5.74, 6) is -1.21. The number of hydrogen-bond donors (Lipinski definition) is 2. The Labute approximate surface area is 205 Å². The van der Waals surface area contributed by atoms with Gasteiger partial charge in [-0.3, -0.25) is 14.4 Å². The van der Waals surface area contributed by atoms with Gasteiger partial charge in [0.25, 0.3) is 0 Å². The van der Waals surface area contributed by atoms with Crippen molar-refractivity contribution >= 4 is 23.9 Å². The first-order valence-corrected chi connectivity index (χ1v) is 12.2. The number of amides is 3. The largest absolute Gasteiger partial charge is 0.508 e. The molecule has 35 heavy (non-hydrogen) atoms. The van der Waals surface area contributed by atoms with Crippen molar-refractivity contribution in [2.75, 3.05) is 39.9 Å². The summed E-state index contributed by atoms with van der Waals surface area (Å²) in [6, 6.07) is 5.65. The highest BCUT2D eigenvalue weighted by Crippen LogP contribution is 2.23. The summed E-state index contributed by atoms with van der Waals surface area (Å²) < 4.78 is 10.0. The lowest BCUT2D eigenvalue weighted by Gasteiger charge is -2.33. The van der Waals surface area contributed by atoms with E-state index in [9.17, 15) is 24.3 Å². The van der Waals surface area contributed by atoms with Crippen molar-refractivity contribution in [1.82, 2.24) is 15.1 Å². The van der Waals surface area contributed by atoms with Crippen LogP contribution in [0.25, 0.3) is 0 Å². The molecule has 2 saturated heterocycles. The average Bonchev–Trinajstić information content (AvgIpc) is 2.89. The SMILES string of the molecule is COC(=O)CC(NC(=O)[C@@H]1CCCN(C(=O)CCOC(=O)N2CCCCC2)C1)c1ccc(O)cc1. The zero-order valence-corrected chi connectivity index (χ0v) is 20.2. The van der Waals surface area contributed by atoms with Crippen LogP contribution in [0.4, 0.5) is 4.79 Å². The van der Waals surface area contributed by atoms with E-state index in [0.29, 0.717) is 38.0 Å². The molecule has 10 nitrogen and oxygen atoms in total. The lowest BCUT2D eigenvalue weighted by atomic mass is 9.95.